The largest absolute Gasteiger partial charge is 0.453 e. The van der Waals surface area contributed by atoms with Crippen LogP contribution in [0.5, 0.6) is 23.0 Å². The Bertz CT molecular complexity index is 1400. The molecule has 0 aromatic heterocycles. The van der Waals surface area contributed by atoms with Crippen LogP contribution in [0.3, 0.4) is 0 Å². The van der Waals surface area contributed by atoms with E-state index in [0.717, 1.165) is 0 Å². The molecule has 0 saturated carbocycles. The lowest BCUT2D eigenvalue weighted by molar-refractivity contribution is -0.147. The highest BCUT2D eigenvalue weighted by atomic mass is 19.4. The number of anilines is 2. The van der Waals surface area contributed by atoms with Gasteiger partial charge >= 0.3 is 12.4 Å². The number of benzene rings is 3. The topological polar surface area (TPSA) is 70.5 Å². The summed E-state index contributed by atoms with van der Waals surface area (Å²) in [6, 6.07) is -0.527. The highest BCUT2D eigenvalue weighted by Crippen LogP contribution is 2.52. The van der Waals surface area contributed by atoms with Gasteiger partial charge in [0.15, 0.2) is 40.5 Å². The molecule has 37 heavy (non-hydrogen) atoms. The van der Waals surface area contributed by atoms with Crippen LogP contribution in [0.1, 0.15) is 11.1 Å². The molecule has 4 N–H and O–H groups in total. The zero-order valence-corrected chi connectivity index (χ0v) is 17.1. The van der Waals surface area contributed by atoms with E-state index in [4.69, 9.17) is 11.5 Å². The average molecular weight is 554 g/mol. The highest BCUT2D eigenvalue weighted by Gasteiger charge is 2.48. The van der Waals surface area contributed by atoms with Crippen LogP contribution in [0, 0.1) is 40.7 Å². The van der Waals surface area contributed by atoms with Crippen LogP contribution >= 0.6 is 0 Å². The van der Waals surface area contributed by atoms with Gasteiger partial charge in [-0.1, -0.05) is 0 Å². The van der Waals surface area contributed by atoms with Gasteiger partial charge in [-0.25, -0.2) is 22.0 Å². The molecule has 0 spiro atoms. The van der Waals surface area contributed by atoms with Crippen molar-refractivity contribution in [3.63, 3.8) is 0 Å². The van der Waals surface area contributed by atoms with E-state index < -0.39 is 105 Å². The second-order valence-electron chi connectivity index (χ2n) is 6.95. The van der Waals surface area contributed by atoms with Gasteiger partial charge < -0.3 is 20.9 Å². The molecule has 3 aromatic carbocycles. The van der Waals surface area contributed by atoms with Crippen molar-refractivity contribution in [3.05, 3.63) is 70.0 Å². The Kier molecular flexibility index (Phi) is 6.78. The van der Waals surface area contributed by atoms with Crippen molar-refractivity contribution in [1.29, 1.82) is 0 Å². The van der Waals surface area contributed by atoms with Crippen molar-refractivity contribution < 1.29 is 66.5 Å². The molecule has 4 nitrogen and oxygen atoms in total. The summed E-state index contributed by atoms with van der Waals surface area (Å²) >= 11 is 0. The summed E-state index contributed by atoms with van der Waals surface area (Å²) in [7, 11) is 0. The number of ether oxygens (including phenoxy) is 2. The van der Waals surface area contributed by atoms with Crippen molar-refractivity contribution >= 4 is 11.4 Å². The van der Waals surface area contributed by atoms with Crippen molar-refractivity contribution in [1.82, 2.24) is 0 Å². The molecule has 0 aliphatic heterocycles. The highest BCUT2D eigenvalue weighted by molar-refractivity contribution is 5.58. The molecule has 0 aliphatic carbocycles. The van der Waals surface area contributed by atoms with E-state index in [1.54, 1.807) is 0 Å². The van der Waals surface area contributed by atoms with Gasteiger partial charge in [-0.15, -0.1) is 0 Å². The summed E-state index contributed by atoms with van der Waals surface area (Å²) in [5.41, 5.74) is 1.91. The first-order chi connectivity index (χ1) is 16.9. The maximum Gasteiger partial charge on any atom is 0.423 e. The van der Waals surface area contributed by atoms with Crippen LogP contribution in [0.4, 0.5) is 68.5 Å². The summed E-state index contributed by atoms with van der Waals surface area (Å²) in [6.45, 7) is 0. The lowest BCUT2D eigenvalue weighted by Crippen LogP contribution is -2.18. The fraction of sp³-hybridized carbons (Fsp3) is 0.100. The number of alkyl halides is 6. The van der Waals surface area contributed by atoms with Gasteiger partial charge in [0.05, 0.1) is 11.4 Å². The van der Waals surface area contributed by atoms with E-state index in [9.17, 15) is 57.1 Å². The first-order valence-corrected chi connectivity index (χ1v) is 9.08. The molecule has 3 rings (SSSR count). The van der Waals surface area contributed by atoms with Crippen molar-refractivity contribution in [2.45, 2.75) is 12.4 Å². The molecule has 0 fully saturated rings. The van der Waals surface area contributed by atoms with E-state index >= 15 is 0 Å². The molecular weight excluding hydrogens is 547 g/mol. The van der Waals surface area contributed by atoms with E-state index in [1.165, 1.54) is 0 Å². The van der Waals surface area contributed by atoms with Gasteiger partial charge in [-0.3, -0.25) is 0 Å². The van der Waals surface area contributed by atoms with Crippen molar-refractivity contribution in [3.8, 4) is 23.0 Å². The van der Waals surface area contributed by atoms with Crippen molar-refractivity contribution in [2.75, 3.05) is 11.5 Å². The molecule has 0 amide bonds. The second-order valence-corrected chi connectivity index (χ2v) is 6.95. The Labute approximate surface area is 195 Å². The SMILES string of the molecule is Nc1cc(Oc2cc(F)c(C(F)(F)F)c(Oc3cc(N)c(F)c(F)c3F)c2C(F)(F)F)c(F)c(F)c1F. The van der Waals surface area contributed by atoms with Crippen LogP contribution in [0.15, 0.2) is 18.2 Å². The maximum atomic E-state index is 14.5. The Balaban J connectivity index is 2.39. The van der Waals surface area contributed by atoms with E-state index in [0.29, 0.717) is 0 Å². The van der Waals surface area contributed by atoms with E-state index in [2.05, 4.69) is 9.47 Å². The standard InChI is InChI=1S/C20H7F13N2O2/c21-4-1-7(36-8-2-5(34)12(22)16(26)14(8)24)11(20(31,32)33)18(10(4)19(28,29)30)37-9-3-6(35)13(23)17(27)15(9)25/h1-3H,34-35H2. The third-order valence-electron chi connectivity index (χ3n) is 4.48. The molecule has 0 saturated heterocycles. The number of halogens is 13. The molecule has 0 heterocycles. The first-order valence-electron chi connectivity index (χ1n) is 9.08. The van der Waals surface area contributed by atoms with Crippen LogP contribution in [-0.2, 0) is 12.4 Å². The van der Waals surface area contributed by atoms with Crippen LogP contribution in [0.25, 0.3) is 0 Å². The third kappa shape index (κ3) is 4.97. The van der Waals surface area contributed by atoms with Gasteiger partial charge in [0.1, 0.15) is 22.7 Å². The number of nitrogen functional groups attached to an aromatic ring is 2. The fourth-order valence-electron chi connectivity index (χ4n) is 2.90. The summed E-state index contributed by atoms with van der Waals surface area (Å²) < 4.78 is 188. The lowest BCUT2D eigenvalue weighted by atomic mass is 10.0. The molecule has 0 radical (unpaired) electrons. The smallest absolute Gasteiger partial charge is 0.423 e. The zero-order chi connectivity index (χ0) is 28.2. The number of nitrogens with two attached hydrogens (primary N) is 2. The van der Waals surface area contributed by atoms with Gasteiger partial charge in [-0.05, 0) is 0 Å². The second kappa shape index (κ2) is 9.11. The average Bonchev–Trinajstić information content (AvgIpc) is 2.76. The maximum absolute atomic E-state index is 14.5. The van der Waals surface area contributed by atoms with Gasteiger partial charge in [0.25, 0.3) is 0 Å². The molecular formula is C20H7F13N2O2. The minimum atomic E-state index is -6.01. The summed E-state index contributed by atoms with van der Waals surface area (Å²) in [6.07, 6.45) is -12.0. The van der Waals surface area contributed by atoms with Crippen LogP contribution in [0.2, 0.25) is 0 Å². The predicted octanol–water partition coefficient (Wildman–Crippen LogP) is 7.45. The predicted molar refractivity (Wildman–Crippen MR) is 98.0 cm³/mol. The molecule has 3 aromatic rings. The minimum Gasteiger partial charge on any atom is -0.453 e. The lowest BCUT2D eigenvalue weighted by Gasteiger charge is -2.23. The quantitative estimate of drug-likeness (QED) is 0.200. The van der Waals surface area contributed by atoms with Gasteiger partial charge in [-0.2, -0.15) is 35.1 Å². The van der Waals surface area contributed by atoms with Crippen LogP contribution < -0.4 is 20.9 Å². The molecule has 0 aliphatic rings. The van der Waals surface area contributed by atoms with E-state index in [1.807, 2.05) is 0 Å². The number of hydrogen-bond acceptors (Lipinski definition) is 4. The fourth-order valence-corrected chi connectivity index (χ4v) is 2.90. The Morgan fingerprint density at radius 1 is 0.486 bits per heavy atom. The van der Waals surface area contributed by atoms with E-state index in [-0.39, 0.29) is 12.1 Å². The molecule has 0 atom stereocenters. The van der Waals surface area contributed by atoms with Crippen molar-refractivity contribution in [2.24, 2.45) is 0 Å². The molecule has 0 unspecified atom stereocenters. The Morgan fingerprint density at radius 3 is 1.30 bits per heavy atom. The summed E-state index contributed by atoms with van der Waals surface area (Å²) in [5.74, 6) is -24.4. The number of hydrogen-bond donors (Lipinski definition) is 2. The zero-order valence-electron chi connectivity index (χ0n) is 17.1. The number of rotatable bonds is 4. The Morgan fingerprint density at radius 2 is 0.892 bits per heavy atom. The molecule has 200 valence electrons. The molecule has 0 bridgehead atoms. The van der Waals surface area contributed by atoms with Gasteiger partial charge in [0.2, 0.25) is 11.6 Å². The summed E-state index contributed by atoms with van der Waals surface area (Å²) in [4.78, 5) is 0. The third-order valence-corrected chi connectivity index (χ3v) is 4.48. The normalized spacial score (nSPS) is 12.1. The van der Waals surface area contributed by atoms with Gasteiger partial charge in [0, 0.05) is 18.2 Å². The molecule has 17 heteroatoms. The minimum absolute atomic E-state index is 0.0464. The first kappa shape index (κ1) is 27.5. The monoisotopic (exact) mass is 554 g/mol. The summed E-state index contributed by atoms with van der Waals surface area (Å²) in [5, 5.41) is 0. The Hall–Kier alpha value is -4.05. The van der Waals surface area contributed by atoms with Crippen LogP contribution in [-0.4, -0.2) is 0 Å².